The van der Waals surface area contributed by atoms with Gasteiger partial charge in [-0.15, -0.1) is 0 Å². The summed E-state index contributed by atoms with van der Waals surface area (Å²) in [5, 5.41) is 10.5. The third-order valence-corrected chi connectivity index (χ3v) is 5.61. The number of halogens is 1. The van der Waals surface area contributed by atoms with Gasteiger partial charge in [0.1, 0.15) is 23.8 Å². The van der Waals surface area contributed by atoms with Crippen molar-refractivity contribution in [1.29, 1.82) is 0 Å². The van der Waals surface area contributed by atoms with Crippen LogP contribution >= 0.6 is 0 Å². The molecule has 8 nitrogen and oxygen atoms in total. The first kappa shape index (κ1) is 21.6. The van der Waals surface area contributed by atoms with Crippen LogP contribution in [0, 0.1) is 5.82 Å². The van der Waals surface area contributed by atoms with Crippen LogP contribution in [0.15, 0.2) is 90.0 Å². The molecule has 0 saturated carbocycles. The standard InChI is InChI=1S/C25H22FN5O3/c1-17-23(33-2)15-30(21-9-8-19(14-20(21)26)29-12-13-34-16-24(29)32)28-25(17)22-10-11-27-31(22)18-6-4-3-5-7-18/h3-11,14-15H,1,12-13,16H2,2H3. The summed E-state index contributed by atoms with van der Waals surface area (Å²) >= 11 is 0. The average molecular weight is 459 g/mol. The molecule has 3 heterocycles. The number of hydrogen-bond donors (Lipinski definition) is 0. The minimum absolute atomic E-state index is 0.0136. The van der Waals surface area contributed by atoms with Gasteiger partial charge in [-0.3, -0.25) is 4.79 Å². The predicted octanol–water partition coefficient (Wildman–Crippen LogP) is 3.64. The molecule has 3 aromatic rings. The highest BCUT2D eigenvalue weighted by atomic mass is 19.1. The Balaban J connectivity index is 1.54. The number of hydrazone groups is 1. The Hall–Kier alpha value is -4.24. The number of carbonyl (C=O) groups excluding carboxylic acids is 1. The van der Waals surface area contributed by atoms with Crippen molar-refractivity contribution in [3.05, 3.63) is 96.4 Å². The second-order valence-electron chi connectivity index (χ2n) is 7.67. The summed E-state index contributed by atoms with van der Waals surface area (Å²) in [6, 6.07) is 16.0. The fraction of sp³-hybridized carbons (Fsp3) is 0.160. The van der Waals surface area contributed by atoms with Gasteiger partial charge >= 0.3 is 0 Å². The van der Waals surface area contributed by atoms with Crippen molar-refractivity contribution in [1.82, 2.24) is 9.78 Å². The summed E-state index contributed by atoms with van der Waals surface area (Å²) in [5.74, 6) is -0.294. The molecule has 5 rings (SSSR count). The number of rotatable bonds is 5. The van der Waals surface area contributed by atoms with Crippen molar-refractivity contribution in [3.63, 3.8) is 0 Å². The Bertz CT molecular complexity index is 1320. The molecule has 0 atom stereocenters. The van der Waals surface area contributed by atoms with Crippen LogP contribution in [0.1, 0.15) is 5.69 Å². The van der Waals surface area contributed by atoms with Crippen LogP contribution in [0.4, 0.5) is 15.8 Å². The molecule has 0 radical (unpaired) electrons. The first-order chi connectivity index (χ1) is 16.6. The summed E-state index contributed by atoms with van der Waals surface area (Å²) in [7, 11) is 1.52. The number of aromatic nitrogens is 2. The van der Waals surface area contributed by atoms with Crippen LogP contribution in [0.2, 0.25) is 0 Å². The maximum absolute atomic E-state index is 15.3. The second kappa shape index (κ2) is 8.95. The molecule has 1 amide bonds. The molecule has 172 valence electrons. The van der Waals surface area contributed by atoms with E-state index in [-0.39, 0.29) is 18.2 Å². The molecule has 2 aromatic carbocycles. The van der Waals surface area contributed by atoms with E-state index in [1.807, 2.05) is 36.4 Å². The van der Waals surface area contributed by atoms with Crippen molar-refractivity contribution >= 4 is 23.0 Å². The normalized spacial score (nSPS) is 16.4. The van der Waals surface area contributed by atoms with Crippen molar-refractivity contribution in [2.24, 2.45) is 5.10 Å². The second-order valence-corrected chi connectivity index (χ2v) is 7.67. The number of methoxy groups -OCH3 is 1. The number of carbonyl (C=O) groups is 1. The van der Waals surface area contributed by atoms with Gasteiger partial charge < -0.3 is 14.4 Å². The first-order valence-electron chi connectivity index (χ1n) is 10.7. The predicted molar refractivity (Wildman–Crippen MR) is 126 cm³/mol. The lowest BCUT2D eigenvalue weighted by Crippen LogP contribution is -2.41. The highest BCUT2D eigenvalue weighted by Gasteiger charge is 2.27. The Morgan fingerprint density at radius 3 is 2.68 bits per heavy atom. The molecular weight excluding hydrogens is 437 g/mol. The van der Waals surface area contributed by atoms with E-state index < -0.39 is 5.82 Å². The van der Waals surface area contributed by atoms with E-state index in [1.54, 1.807) is 29.2 Å². The van der Waals surface area contributed by atoms with Crippen molar-refractivity contribution in [3.8, 4) is 5.69 Å². The number of para-hydroxylation sites is 1. The minimum Gasteiger partial charge on any atom is -0.494 e. The van der Waals surface area contributed by atoms with Crippen molar-refractivity contribution < 1.29 is 18.7 Å². The topological polar surface area (TPSA) is 72.2 Å². The largest absolute Gasteiger partial charge is 0.494 e. The van der Waals surface area contributed by atoms with Crippen LogP contribution in [0.3, 0.4) is 0 Å². The Kier molecular flexibility index (Phi) is 5.69. The van der Waals surface area contributed by atoms with Crippen molar-refractivity contribution in [2.45, 2.75) is 0 Å². The minimum atomic E-state index is -0.532. The quantitative estimate of drug-likeness (QED) is 0.583. The van der Waals surface area contributed by atoms with E-state index in [4.69, 9.17) is 9.47 Å². The molecule has 0 spiro atoms. The van der Waals surface area contributed by atoms with Gasteiger partial charge in [-0.1, -0.05) is 24.8 Å². The van der Waals surface area contributed by atoms with Gasteiger partial charge in [0.2, 0.25) is 0 Å². The third kappa shape index (κ3) is 3.86. The lowest BCUT2D eigenvalue weighted by Gasteiger charge is -2.28. The highest BCUT2D eigenvalue weighted by Crippen LogP contribution is 2.31. The van der Waals surface area contributed by atoms with Crippen molar-refractivity contribution in [2.75, 3.05) is 36.8 Å². The lowest BCUT2D eigenvalue weighted by molar-refractivity contribution is -0.125. The molecule has 2 aliphatic rings. The molecule has 1 saturated heterocycles. The van der Waals surface area contributed by atoms with Gasteiger partial charge in [0.15, 0.2) is 5.82 Å². The van der Waals surface area contributed by atoms with E-state index in [2.05, 4.69) is 16.8 Å². The molecule has 9 heteroatoms. The van der Waals surface area contributed by atoms with Gasteiger partial charge in [-0.05, 0) is 36.4 Å². The van der Waals surface area contributed by atoms with E-state index in [1.165, 1.54) is 23.1 Å². The maximum atomic E-state index is 15.3. The molecule has 0 bridgehead atoms. The molecule has 34 heavy (non-hydrogen) atoms. The summed E-state index contributed by atoms with van der Waals surface area (Å²) in [4.78, 5) is 13.6. The van der Waals surface area contributed by atoms with Crippen LogP contribution < -0.4 is 9.91 Å². The highest BCUT2D eigenvalue weighted by molar-refractivity contribution is 6.15. The Morgan fingerprint density at radius 1 is 1.12 bits per heavy atom. The monoisotopic (exact) mass is 459 g/mol. The van der Waals surface area contributed by atoms with Crippen LogP contribution in [-0.2, 0) is 14.3 Å². The molecule has 0 N–H and O–H groups in total. The number of anilines is 2. The Morgan fingerprint density at radius 2 is 1.94 bits per heavy atom. The first-order valence-corrected chi connectivity index (χ1v) is 10.7. The molecular formula is C25H22FN5O3. The summed E-state index contributed by atoms with van der Waals surface area (Å²) in [5.41, 5.74) is 3.25. The van der Waals surface area contributed by atoms with Gasteiger partial charge in [-0.2, -0.15) is 10.2 Å². The lowest BCUT2D eigenvalue weighted by atomic mass is 10.1. The van der Waals surface area contributed by atoms with E-state index in [0.29, 0.717) is 41.6 Å². The van der Waals surface area contributed by atoms with Crippen LogP contribution in [0.25, 0.3) is 5.69 Å². The van der Waals surface area contributed by atoms with E-state index >= 15 is 4.39 Å². The zero-order chi connectivity index (χ0) is 23.7. The molecule has 0 aliphatic carbocycles. The van der Waals surface area contributed by atoms with E-state index in [9.17, 15) is 4.79 Å². The number of amides is 1. The fourth-order valence-corrected chi connectivity index (χ4v) is 3.91. The summed E-state index contributed by atoms with van der Waals surface area (Å²) in [6.07, 6.45) is 3.25. The molecule has 1 aromatic heterocycles. The fourth-order valence-electron chi connectivity index (χ4n) is 3.91. The third-order valence-electron chi connectivity index (χ3n) is 5.61. The Labute approximate surface area is 195 Å². The SMILES string of the molecule is C=C1C(OC)=CN(c2ccc(N3CCOCC3=O)cc2F)N=C1c1ccnn1-c1ccccc1. The zero-order valence-electron chi connectivity index (χ0n) is 18.5. The number of morpholine rings is 1. The van der Waals surface area contributed by atoms with Gasteiger partial charge in [0.25, 0.3) is 5.91 Å². The molecule has 2 aliphatic heterocycles. The number of benzene rings is 2. The van der Waals surface area contributed by atoms with Crippen LogP contribution in [0.5, 0.6) is 0 Å². The molecule has 1 fully saturated rings. The summed E-state index contributed by atoms with van der Waals surface area (Å²) < 4.78 is 27.7. The van der Waals surface area contributed by atoms with Crippen LogP contribution in [-0.4, -0.2) is 48.3 Å². The zero-order valence-corrected chi connectivity index (χ0v) is 18.5. The number of nitrogens with zero attached hydrogens (tertiary/aromatic N) is 5. The average Bonchev–Trinajstić information content (AvgIpc) is 3.35. The smallest absolute Gasteiger partial charge is 0.253 e. The van der Waals surface area contributed by atoms with Gasteiger partial charge in [0, 0.05) is 17.8 Å². The number of ether oxygens (including phenoxy) is 2. The molecule has 0 unspecified atom stereocenters. The van der Waals surface area contributed by atoms with Gasteiger partial charge in [-0.25, -0.2) is 14.1 Å². The van der Waals surface area contributed by atoms with E-state index in [0.717, 1.165) is 5.69 Å². The van der Waals surface area contributed by atoms with Gasteiger partial charge in [0.05, 0.1) is 37.5 Å². The summed E-state index contributed by atoms with van der Waals surface area (Å²) in [6.45, 7) is 4.90. The maximum Gasteiger partial charge on any atom is 0.253 e. The number of hydrogen-bond acceptors (Lipinski definition) is 6. The number of allylic oxidation sites excluding steroid dienone is 1.